The van der Waals surface area contributed by atoms with E-state index in [2.05, 4.69) is 141 Å². The predicted octanol–water partition coefficient (Wildman–Crippen LogP) is 11.1. The van der Waals surface area contributed by atoms with Gasteiger partial charge in [0, 0.05) is 16.1 Å². The average Bonchev–Trinajstić information content (AvgIpc) is 2.52. The average molecular weight is 567 g/mol. The van der Waals surface area contributed by atoms with Crippen molar-refractivity contribution >= 4 is 48.4 Å². The minimum atomic E-state index is -1.44. The quantitative estimate of drug-likeness (QED) is 0.221. The molecule has 0 saturated carbocycles. The maximum atomic E-state index is 2.79. The summed E-state index contributed by atoms with van der Waals surface area (Å²) < 4.78 is 0. The normalized spacial score (nSPS) is 32.2. The standard InChI is InChI=1S/C28H62Si6/c1-29(2,3)21-19-20-22(30(4,5)6)24-23(21)25(31(7,8)9)27(33(13,14)15)28(34(16,17)18)26(24)32(10,11)12/h19-22,25-28H,1-18H3. The lowest BCUT2D eigenvalue weighted by molar-refractivity contribution is 0.582. The fraction of sp³-hybridized carbons (Fsp3) is 0.857. The van der Waals surface area contributed by atoms with Gasteiger partial charge >= 0.3 is 0 Å². The Morgan fingerprint density at radius 1 is 0.353 bits per heavy atom. The minimum absolute atomic E-state index is 0.757. The van der Waals surface area contributed by atoms with Crippen molar-refractivity contribution in [2.45, 2.75) is 151 Å². The Morgan fingerprint density at radius 2 is 0.588 bits per heavy atom. The molecule has 6 heteroatoms. The van der Waals surface area contributed by atoms with E-state index in [0.29, 0.717) is 0 Å². The molecule has 0 radical (unpaired) electrons. The first-order valence-corrected chi connectivity index (χ1v) is 35.6. The summed E-state index contributed by atoms with van der Waals surface area (Å²) in [6.45, 7) is 49.0. The molecule has 0 aromatic rings. The highest BCUT2D eigenvalue weighted by molar-refractivity contribution is 6.90. The number of hydrogen-bond donors (Lipinski definition) is 0. The van der Waals surface area contributed by atoms with E-state index in [1.807, 2.05) is 0 Å². The van der Waals surface area contributed by atoms with Crippen LogP contribution >= 0.6 is 0 Å². The van der Waals surface area contributed by atoms with Crippen molar-refractivity contribution in [3.05, 3.63) is 23.3 Å². The number of rotatable bonds is 6. The van der Waals surface area contributed by atoms with Gasteiger partial charge in [-0.05, 0) is 33.2 Å². The predicted molar refractivity (Wildman–Crippen MR) is 179 cm³/mol. The number of hydrogen-bond acceptors (Lipinski definition) is 0. The lowest BCUT2D eigenvalue weighted by Crippen LogP contribution is -2.57. The van der Waals surface area contributed by atoms with E-state index in [1.165, 1.54) is 0 Å². The van der Waals surface area contributed by atoms with Crippen LogP contribution in [0.3, 0.4) is 0 Å². The molecule has 0 bridgehead atoms. The molecule has 2 aliphatic rings. The second-order valence-electron chi connectivity index (χ2n) is 18.5. The van der Waals surface area contributed by atoms with E-state index in [4.69, 9.17) is 0 Å². The molecule has 0 fully saturated rings. The van der Waals surface area contributed by atoms with Gasteiger partial charge in [-0.3, -0.25) is 0 Å². The summed E-state index contributed by atoms with van der Waals surface area (Å²) in [6, 6.07) is 0. The van der Waals surface area contributed by atoms with Gasteiger partial charge in [-0.1, -0.05) is 141 Å². The van der Waals surface area contributed by atoms with Crippen LogP contribution in [-0.2, 0) is 0 Å². The summed E-state index contributed by atoms with van der Waals surface area (Å²) >= 11 is 0. The molecule has 0 heterocycles. The molecule has 0 amide bonds. The van der Waals surface area contributed by atoms with Gasteiger partial charge < -0.3 is 0 Å². The van der Waals surface area contributed by atoms with Crippen molar-refractivity contribution in [1.82, 2.24) is 0 Å². The van der Waals surface area contributed by atoms with Crippen molar-refractivity contribution in [2.24, 2.45) is 0 Å². The van der Waals surface area contributed by atoms with Crippen molar-refractivity contribution < 1.29 is 0 Å². The van der Waals surface area contributed by atoms with Crippen LogP contribution in [0.25, 0.3) is 0 Å². The van der Waals surface area contributed by atoms with Crippen molar-refractivity contribution in [2.75, 3.05) is 0 Å². The Hall–Kier alpha value is 0.781. The van der Waals surface area contributed by atoms with Crippen LogP contribution in [0.2, 0.25) is 151 Å². The van der Waals surface area contributed by atoms with E-state index in [1.54, 1.807) is 0 Å². The van der Waals surface area contributed by atoms with Gasteiger partial charge in [0.2, 0.25) is 0 Å². The first-order chi connectivity index (χ1) is 14.7. The third-order valence-corrected chi connectivity index (χ3v) is 25.2. The van der Waals surface area contributed by atoms with Crippen LogP contribution in [0, 0.1) is 0 Å². The van der Waals surface area contributed by atoms with Crippen molar-refractivity contribution in [1.29, 1.82) is 0 Å². The molecule has 6 unspecified atom stereocenters. The molecule has 0 aromatic carbocycles. The van der Waals surface area contributed by atoms with Gasteiger partial charge in [0.15, 0.2) is 0 Å². The Bertz CT molecular complexity index is 744. The first-order valence-electron chi connectivity index (χ1n) is 14.1. The molecule has 0 saturated heterocycles. The van der Waals surface area contributed by atoms with Crippen LogP contribution in [0.4, 0.5) is 0 Å². The summed E-state index contributed by atoms with van der Waals surface area (Å²) in [4.78, 5) is 0. The van der Waals surface area contributed by atoms with Crippen LogP contribution in [0.1, 0.15) is 0 Å². The first kappa shape index (κ1) is 31.0. The highest BCUT2D eigenvalue weighted by Crippen LogP contribution is 2.72. The second-order valence-corrected chi connectivity index (χ2v) is 50.7. The zero-order valence-electron chi connectivity index (χ0n) is 26.6. The maximum Gasteiger partial charge on any atom is 0.0561 e. The van der Waals surface area contributed by atoms with Crippen molar-refractivity contribution in [3.63, 3.8) is 0 Å². The van der Waals surface area contributed by atoms with Crippen molar-refractivity contribution in [3.8, 4) is 0 Å². The number of allylic oxidation sites excluding steroid dienone is 4. The molecule has 0 aromatic heterocycles. The molecule has 34 heavy (non-hydrogen) atoms. The van der Waals surface area contributed by atoms with Crippen LogP contribution in [0.15, 0.2) is 23.3 Å². The Labute approximate surface area is 221 Å². The lowest BCUT2D eigenvalue weighted by Gasteiger charge is -2.63. The summed E-state index contributed by atoms with van der Waals surface area (Å²) in [7, 11) is -8.43. The van der Waals surface area contributed by atoms with E-state index in [9.17, 15) is 0 Å². The second kappa shape index (κ2) is 9.21. The van der Waals surface area contributed by atoms with Gasteiger partial charge in [0.05, 0.1) is 32.3 Å². The van der Waals surface area contributed by atoms with E-state index >= 15 is 0 Å². The zero-order chi connectivity index (χ0) is 27.0. The van der Waals surface area contributed by atoms with Crippen LogP contribution in [-0.4, -0.2) is 48.4 Å². The molecule has 0 nitrogen and oxygen atoms in total. The molecule has 0 spiro atoms. The van der Waals surface area contributed by atoms with Gasteiger partial charge in [-0.2, -0.15) is 0 Å². The fourth-order valence-electron chi connectivity index (χ4n) is 7.93. The van der Waals surface area contributed by atoms with Gasteiger partial charge in [0.1, 0.15) is 0 Å². The Kier molecular flexibility index (Phi) is 8.40. The monoisotopic (exact) mass is 566 g/mol. The van der Waals surface area contributed by atoms with Crippen LogP contribution < -0.4 is 0 Å². The molecular weight excluding hydrogens is 505 g/mol. The third-order valence-electron chi connectivity index (χ3n) is 9.01. The summed E-state index contributed by atoms with van der Waals surface area (Å²) in [5.41, 5.74) is 9.37. The molecule has 2 rings (SSSR count). The van der Waals surface area contributed by atoms with Crippen LogP contribution in [0.5, 0.6) is 0 Å². The Balaban J connectivity index is 3.19. The largest absolute Gasteiger partial charge is 0.0838 e. The van der Waals surface area contributed by atoms with E-state index < -0.39 is 48.4 Å². The topological polar surface area (TPSA) is 0 Å². The minimum Gasteiger partial charge on any atom is -0.0838 e. The highest BCUT2D eigenvalue weighted by Gasteiger charge is 2.61. The maximum absolute atomic E-state index is 2.79. The molecule has 6 atom stereocenters. The molecule has 2 aliphatic carbocycles. The highest BCUT2D eigenvalue weighted by atomic mass is 28.3. The van der Waals surface area contributed by atoms with E-state index in [0.717, 1.165) is 33.2 Å². The van der Waals surface area contributed by atoms with Gasteiger partial charge in [0.25, 0.3) is 0 Å². The summed E-state index contributed by atoms with van der Waals surface area (Å²) in [6.07, 6.45) is 5.58. The Morgan fingerprint density at radius 3 is 0.735 bits per heavy atom. The molecule has 198 valence electrons. The third kappa shape index (κ3) is 6.08. The zero-order valence-corrected chi connectivity index (χ0v) is 32.6. The molecule has 0 N–H and O–H groups in total. The fourth-order valence-corrected chi connectivity index (χ4v) is 31.6. The smallest absolute Gasteiger partial charge is 0.0561 e. The SMILES string of the molecule is C[Si](C)(C)C1C=CC([Si](C)(C)C)C2=C1C([Si](C)(C)C)C([Si](C)(C)C)C([Si](C)(C)C)C2[Si](C)(C)C. The lowest BCUT2D eigenvalue weighted by atomic mass is 9.82. The molecule has 0 aliphatic heterocycles. The summed E-state index contributed by atoms with van der Waals surface area (Å²) in [5, 5.41) is 0. The van der Waals surface area contributed by atoms with Gasteiger partial charge in [-0.15, -0.1) is 0 Å². The van der Waals surface area contributed by atoms with Gasteiger partial charge in [-0.25, -0.2) is 0 Å². The van der Waals surface area contributed by atoms with E-state index in [-0.39, 0.29) is 0 Å². The summed E-state index contributed by atoms with van der Waals surface area (Å²) in [5.74, 6) is 0. The molecular formula is C28H62Si6.